The molecular formula is C11H19NO. The van der Waals surface area contributed by atoms with Crippen molar-refractivity contribution in [2.45, 2.75) is 32.6 Å². The minimum absolute atomic E-state index is 0.0422. The third kappa shape index (κ3) is 2.19. The van der Waals surface area contributed by atoms with E-state index in [0.29, 0.717) is 12.2 Å². The normalized spacial score (nSPS) is 21.0. The van der Waals surface area contributed by atoms with E-state index in [9.17, 15) is 4.79 Å². The molecule has 0 amide bonds. The van der Waals surface area contributed by atoms with Crippen molar-refractivity contribution in [1.82, 2.24) is 5.32 Å². The molecule has 1 aliphatic heterocycles. The molecule has 0 aromatic carbocycles. The largest absolute Gasteiger partial charge is 0.317 e. The van der Waals surface area contributed by atoms with Crippen LogP contribution in [-0.2, 0) is 4.79 Å². The van der Waals surface area contributed by atoms with Gasteiger partial charge in [-0.15, -0.1) is 6.58 Å². The highest BCUT2D eigenvalue weighted by molar-refractivity contribution is 5.86. The lowest BCUT2D eigenvalue weighted by Gasteiger charge is -2.35. The number of ketones is 1. The van der Waals surface area contributed by atoms with Gasteiger partial charge in [0.2, 0.25) is 0 Å². The van der Waals surface area contributed by atoms with Crippen molar-refractivity contribution in [3.63, 3.8) is 0 Å². The van der Waals surface area contributed by atoms with Crippen LogP contribution < -0.4 is 5.32 Å². The van der Waals surface area contributed by atoms with E-state index >= 15 is 0 Å². The zero-order valence-corrected chi connectivity index (χ0v) is 8.44. The minimum atomic E-state index is -0.0422. The summed E-state index contributed by atoms with van der Waals surface area (Å²) in [6, 6.07) is 0. The van der Waals surface area contributed by atoms with Crippen LogP contribution in [0.4, 0.5) is 0 Å². The van der Waals surface area contributed by atoms with E-state index < -0.39 is 0 Å². The van der Waals surface area contributed by atoms with Gasteiger partial charge in [-0.1, -0.05) is 13.0 Å². The van der Waals surface area contributed by atoms with Gasteiger partial charge in [-0.3, -0.25) is 4.79 Å². The topological polar surface area (TPSA) is 29.1 Å². The number of piperidine rings is 1. The summed E-state index contributed by atoms with van der Waals surface area (Å²) >= 11 is 0. The summed E-state index contributed by atoms with van der Waals surface area (Å²) in [6.45, 7) is 7.71. The van der Waals surface area contributed by atoms with Crippen LogP contribution in [0.5, 0.6) is 0 Å². The van der Waals surface area contributed by atoms with Gasteiger partial charge in [0, 0.05) is 11.8 Å². The molecular weight excluding hydrogens is 162 g/mol. The summed E-state index contributed by atoms with van der Waals surface area (Å²) in [4.78, 5) is 11.9. The summed E-state index contributed by atoms with van der Waals surface area (Å²) in [5, 5.41) is 3.29. The summed E-state index contributed by atoms with van der Waals surface area (Å²) in [6.07, 6.45) is 5.23. The molecule has 0 unspecified atom stereocenters. The molecule has 0 spiro atoms. The number of hydrogen-bond donors (Lipinski definition) is 1. The maximum absolute atomic E-state index is 11.9. The maximum atomic E-state index is 11.9. The number of allylic oxidation sites excluding steroid dienone is 1. The van der Waals surface area contributed by atoms with E-state index in [4.69, 9.17) is 0 Å². The van der Waals surface area contributed by atoms with Crippen molar-refractivity contribution in [3.8, 4) is 0 Å². The van der Waals surface area contributed by atoms with E-state index in [-0.39, 0.29) is 5.41 Å². The zero-order valence-electron chi connectivity index (χ0n) is 8.44. The second-order valence-electron chi connectivity index (χ2n) is 3.80. The molecule has 0 aromatic heterocycles. The summed E-state index contributed by atoms with van der Waals surface area (Å²) < 4.78 is 0. The molecule has 1 saturated heterocycles. The van der Waals surface area contributed by atoms with Crippen molar-refractivity contribution in [2.24, 2.45) is 5.41 Å². The first-order chi connectivity index (χ1) is 6.25. The molecule has 2 heteroatoms. The predicted octanol–water partition coefficient (Wildman–Crippen LogP) is 1.91. The average molecular weight is 181 g/mol. The highest BCUT2D eigenvalue weighted by Gasteiger charge is 2.36. The predicted molar refractivity (Wildman–Crippen MR) is 54.6 cm³/mol. The number of Topliss-reactive ketones (excluding diaryl/α,β-unsaturated/α-hetero) is 1. The minimum Gasteiger partial charge on any atom is -0.317 e. The van der Waals surface area contributed by atoms with Gasteiger partial charge in [-0.05, 0) is 32.4 Å². The van der Waals surface area contributed by atoms with Gasteiger partial charge in [0.05, 0.1) is 0 Å². The molecule has 1 aliphatic rings. The first-order valence-corrected chi connectivity index (χ1v) is 5.10. The molecule has 0 bridgehead atoms. The zero-order chi connectivity index (χ0) is 9.73. The first-order valence-electron chi connectivity index (χ1n) is 5.10. The monoisotopic (exact) mass is 181 g/mol. The Labute approximate surface area is 80.4 Å². The highest BCUT2D eigenvalue weighted by Crippen LogP contribution is 2.34. The van der Waals surface area contributed by atoms with Gasteiger partial charge < -0.3 is 5.32 Å². The Balaban J connectivity index is 2.66. The van der Waals surface area contributed by atoms with E-state index in [1.54, 1.807) is 6.08 Å². The van der Waals surface area contributed by atoms with E-state index in [1.807, 2.05) is 0 Å². The van der Waals surface area contributed by atoms with E-state index in [2.05, 4.69) is 18.8 Å². The molecule has 0 aliphatic carbocycles. The molecule has 0 saturated carbocycles. The maximum Gasteiger partial charge on any atom is 0.142 e. The van der Waals surface area contributed by atoms with Crippen LogP contribution >= 0.6 is 0 Å². The summed E-state index contributed by atoms with van der Waals surface area (Å²) in [5.41, 5.74) is -0.0422. The third-order valence-electron chi connectivity index (χ3n) is 3.16. The van der Waals surface area contributed by atoms with Crippen LogP contribution in [0.2, 0.25) is 0 Å². The van der Waals surface area contributed by atoms with Gasteiger partial charge in [0.25, 0.3) is 0 Å². The van der Waals surface area contributed by atoms with Crippen LogP contribution in [0.1, 0.15) is 32.6 Å². The van der Waals surface area contributed by atoms with Crippen molar-refractivity contribution in [3.05, 3.63) is 12.7 Å². The fraction of sp³-hybridized carbons (Fsp3) is 0.727. The van der Waals surface area contributed by atoms with Gasteiger partial charge in [0.15, 0.2) is 0 Å². The van der Waals surface area contributed by atoms with Crippen molar-refractivity contribution in [2.75, 3.05) is 13.1 Å². The molecule has 0 atom stereocenters. The van der Waals surface area contributed by atoms with Gasteiger partial charge in [-0.25, -0.2) is 0 Å². The lowest BCUT2D eigenvalue weighted by molar-refractivity contribution is -0.129. The molecule has 0 radical (unpaired) electrons. The SMILES string of the molecule is C=CCC(=O)C1(CC)CCNCC1. The van der Waals surface area contributed by atoms with Gasteiger partial charge in [-0.2, -0.15) is 0 Å². The number of nitrogens with one attached hydrogen (secondary N) is 1. The number of carbonyl (C=O) groups excluding carboxylic acids is 1. The first kappa shape index (κ1) is 10.5. The third-order valence-corrected chi connectivity index (χ3v) is 3.16. The second-order valence-corrected chi connectivity index (χ2v) is 3.80. The van der Waals surface area contributed by atoms with Gasteiger partial charge >= 0.3 is 0 Å². The number of carbonyl (C=O) groups is 1. The number of rotatable bonds is 4. The van der Waals surface area contributed by atoms with E-state index in [1.165, 1.54) is 0 Å². The summed E-state index contributed by atoms with van der Waals surface area (Å²) in [7, 11) is 0. The Morgan fingerprint density at radius 1 is 1.54 bits per heavy atom. The smallest absolute Gasteiger partial charge is 0.142 e. The molecule has 1 N–H and O–H groups in total. The average Bonchev–Trinajstić information content (AvgIpc) is 2.19. The fourth-order valence-electron chi connectivity index (χ4n) is 2.08. The van der Waals surface area contributed by atoms with Crippen LogP contribution in [0.3, 0.4) is 0 Å². The molecule has 74 valence electrons. The Morgan fingerprint density at radius 2 is 2.15 bits per heavy atom. The van der Waals surface area contributed by atoms with Crippen LogP contribution in [0.15, 0.2) is 12.7 Å². The van der Waals surface area contributed by atoms with E-state index in [0.717, 1.165) is 32.4 Å². The van der Waals surface area contributed by atoms with Crippen molar-refractivity contribution < 1.29 is 4.79 Å². The Morgan fingerprint density at radius 3 is 2.62 bits per heavy atom. The molecule has 13 heavy (non-hydrogen) atoms. The highest BCUT2D eigenvalue weighted by atomic mass is 16.1. The Hall–Kier alpha value is -0.630. The quantitative estimate of drug-likeness (QED) is 0.671. The van der Waals surface area contributed by atoms with Gasteiger partial charge in [0.1, 0.15) is 5.78 Å². The second kappa shape index (κ2) is 4.56. The Bertz CT molecular complexity index is 192. The number of hydrogen-bond acceptors (Lipinski definition) is 2. The fourth-order valence-corrected chi connectivity index (χ4v) is 2.08. The molecule has 1 rings (SSSR count). The van der Waals surface area contributed by atoms with Crippen molar-refractivity contribution in [1.29, 1.82) is 0 Å². The molecule has 1 fully saturated rings. The summed E-state index contributed by atoms with van der Waals surface area (Å²) in [5.74, 6) is 0.381. The molecule has 2 nitrogen and oxygen atoms in total. The molecule has 1 heterocycles. The lowest BCUT2D eigenvalue weighted by atomic mass is 9.72. The molecule has 0 aromatic rings. The van der Waals surface area contributed by atoms with Crippen LogP contribution in [-0.4, -0.2) is 18.9 Å². The lowest BCUT2D eigenvalue weighted by Crippen LogP contribution is -2.41. The standard InChI is InChI=1S/C11H19NO/c1-3-5-10(13)11(4-2)6-8-12-9-7-11/h3,12H,1,4-9H2,2H3. The van der Waals surface area contributed by atoms with Crippen molar-refractivity contribution >= 4 is 5.78 Å². The van der Waals surface area contributed by atoms with Crippen LogP contribution in [0, 0.1) is 5.41 Å². The Kier molecular flexibility index (Phi) is 3.67. The van der Waals surface area contributed by atoms with Crippen LogP contribution in [0.25, 0.3) is 0 Å².